The molecule has 0 bridgehead atoms. The largest absolute Gasteiger partial charge is 0.379 e. The predicted octanol–water partition coefficient (Wildman–Crippen LogP) is 2.23. The molecule has 1 aromatic heterocycles. The lowest BCUT2D eigenvalue weighted by molar-refractivity contribution is 0.0309. The number of rotatable bonds is 4. The molecule has 0 spiro atoms. The molecule has 0 aromatic carbocycles. The third-order valence-electron chi connectivity index (χ3n) is 4.07. The molecular weight excluding hydrogens is 376 g/mol. The van der Waals surface area contributed by atoms with Gasteiger partial charge in [-0.25, -0.2) is 8.42 Å². The highest BCUT2D eigenvalue weighted by molar-refractivity contribution is 7.99. The van der Waals surface area contributed by atoms with E-state index >= 15 is 0 Å². The number of thiophene rings is 1. The summed E-state index contributed by atoms with van der Waals surface area (Å²) >= 11 is 8.92. The second kappa shape index (κ2) is 8.03. The van der Waals surface area contributed by atoms with Gasteiger partial charge in [-0.2, -0.15) is 16.1 Å². The van der Waals surface area contributed by atoms with Gasteiger partial charge < -0.3 is 4.74 Å². The lowest BCUT2D eigenvalue weighted by Gasteiger charge is -2.34. The number of morpholine rings is 1. The maximum atomic E-state index is 13.0. The van der Waals surface area contributed by atoms with Crippen molar-refractivity contribution in [3.8, 4) is 0 Å². The fourth-order valence-corrected chi connectivity index (χ4v) is 7.32. The van der Waals surface area contributed by atoms with Crippen LogP contribution in [0.3, 0.4) is 0 Å². The van der Waals surface area contributed by atoms with E-state index in [1.54, 1.807) is 16.4 Å². The van der Waals surface area contributed by atoms with Gasteiger partial charge >= 0.3 is 0 Å². The molecule has 9 heteroatoms. The number of thioether (sulfide) groups is 1. The Kier molecular flexibility index (Phi) is 6.28. The summed E-state index contributed by atoms with van der Waals surface area (Å²) in [6.07, 6.45) is 0.891. The number of halogens is 1. The highest BCUT2D eigenvalue weighted by Crippen LogP contribution is 2.31. The van der Waals surface area contributed by atoms with Crippen LogP contribution in [0.1, 0.15) is 6.42 Å². The fourth-order valence-electron chi connectivity index (χ4n) is 2.90. The molecule has 5 nitrogen and oxygen atoms in total. The number of hydrogen-bond donors (Lipinski definition) is 0. The third kappa shape index (κ3) is 4.42. The molecule has 23 heavy (non-hydrogen) atoms. The Morgan fingerprint density at radius 2 is 2.04 bits per heavy atom. The Morgan fingerprint density at radius 1 is 1.26 bits per heavy atom. The first-order chi connectivity index (χ1) is 11.1. The molecule has 3 rings (SSSR count). The van der Waals surface area contributed by atoms with Crippen LogP contribution < -0.4 is 0 Å². The zero-order valence-electron chi connectivity index (χ0n) is 12.8. The molecule has 1 atom stereocenters. The molecule has 0 N–H and O–H groups in total. The second-order valence-corrected chi connectivity index (χ2v) is 10.7. The highest BCUT2D eigenvalue weighted by atomic mass is 35.5. The molecule has 1 unspecified atom stereocenters. The first kappa shape index (κ1) is 18.0. The average molecular weight is 397 g/mol. The van der Waals surface area contributed by atoms with Gasteiger partial charge in [-0.05, 0) is 24.3 Å². The molecule has 0 aliphatic carbocycles. The number of hydrogen-bond acceptors (Lipinski definition) is 6. The van der Waals surface area contributed by atoms with Crippen LogP contribution in [0.2, 0.25) is 4.34 Å². The third-order valence-corrected chi connectivity index (χ3v) is 8.92. The minimum Gasteiger partial charge on any atom is -0.379 e. The first-order valence-corrected chi connectivity index (χ1v) is 11.5. The molecule has 2 aliphatic heterocycles. The van der Waals surface area contributed by atoms with Gasteiger partial charge in [-0.1, -0.05) is 11.6 Å². The zero-order chi connectivity index (χ0) is 16.3. The SMILES string of the molecule is O=S(=O)(c1ccc(Cl)s1)N1CCCSCC1CN1CCOCC1. The minimum absolute atomic E-state index is 0.00600. The van der Waals surface area contributed by atoms with Crippen LogP contribution in [0.25, 0.3) is 0 Å². The summed E-state index contributed by atoms with van der Waals surface area (Å²) in [6.45, 7) is 4.56. The zero-order valence-corrected chi connectivity index (χ0v) is 16.0. The average Bonchev–Trinajstić information content (AvgIpc) is 2.85. The lowest BCUT2D eigenvalue weighted by atomic mass is 10.2. The van der Waals surface area contributed by atoms with E-state index in [1.807, 2.05) is 11.8 Å². The molecule has 2 aliphatic rings. The van der Waals surface area contributed by atoms with E-state index in [9.17, 15) is 8.42 Å². The van der Waals surface area contributed by atoms with Crippen LogP contribution in [-0.4, -0.2) is 74.6 Å². The molecule has 0 saturated carbocycles. The highest BCUT2D eigenvalue weighted by Gasteiger charge is 2.34. The number of nitrogens with zero attached hydrogens (tertiary/aromatic N) is 2. The van der Waals surface area contributed by atoms with Crippen LogP contribution in [0.15, 0.2) is 16.3 Å². The summed E-state index contributed by atoms with van der Waals surface area (Å²) < 4.78 is 34.0. The molecular formula is C14H21ClN2O3S3. The van der Waals surface area contributed by atoms with Gasteiger partial charge in [-0.3, -0.25) is 4.90 Å². The van der Waals surface area contributed by atoms with E-state index in [2.05, 4.69) is 4.90 Å². The molecule has 2 saturated heterocycles. The molecule has 3 heterocycles. The second-order valence-electron chi connectivity index (χ2n) is 5.67. The summed E-state index contributed by atoms with van der Waals surface area (Å²) in [7, 11) is -3.47. The van der Waals surface area contributed by atoms with Crippen LogP contribution in [0.5, 0.6) is 0 Å². The Balaban J connectivity index is 1.80. The topological polar surface area (TPSA) is 49.9 Å². The first-order valence-electron chi connectivity index (χ1n) is 7.72. The van der Waals surface area contributed by atoms with E-state index in [0.29, 0.717) is 15.1 Å². The van der Waals surface area contributed by atoms with Crippen molar-refractivity contribution in [2.45, 2.75) is 16.7 Å². The standard InChI is InChI=1S/C14H21ClN2O3S3/c15-13-2-3-14(22-13)23(18,19)17-4-1-9-21-11-12(17)10-16-5-7-20-8-6-16/h2-3,12H,1,4-11H2. The van der Waals surface area contributed by atoms with Crippen molar-refractivity contribution in [1.82, 2.24) is 9.21 Å². The molecule has 0 amide bonds. The Bertz CT molecular complexity index is 617. The Morgan fingerprint density at radius 3 is 2.74 bits per heavy atom. The molecule has 0 radical (unpaired) electrons. The van der Waals surface area contributed by atoms with Gasteiger partial charge in [0.15, 0.2) is 0 Å². The minimum atomic E-state index is -3.47. The van der Waals surface area contributed by atoms with Crippen LogP contribution in [0, 0.1) is 0 Å². The Labute approximate surface area is 151 Å². The summed E-state index contributed by atoms with van der Waals surface area (Å²) in [4.78, 5) is 2.31. The van der Waals surface area contributed by atoms with E-state index in [-0.39, 0.29) is 6.04 Å². The lowest BCUT2D eigenvalue weighted by Crippen LogP contribution is -2.50. The van der Waals surface area contributed by atoms with Gasteiger partial charge in [0, 0.05) is 38.0 Å². The fraction of sp³-hybridized carbons (Fsp3) is 0.714. The van der Waals surface area contributed by atoms with Crippen molar-refractivity contribution < 1.29 is 13.2 Å². The quantitative estimate of drug-likeness (QED) is 0.781. The van der Waals surface area contributed by atoms with Crippen LogP contribution >= 0.6 is 34.7 Å². The van der Waals surface area contributed by atoms with E-state index in [1.165, 1.54) is 0 Å². The molecule has 1 aromatic rings. The summed E-state index contributed by atoms with van der Waals surface area (Å²) in [5.41, 5.74) is 0. The predicted molar refractivity (Wildman–Crippen MR) is 96.2 cm³/mol. The smallest absolute Gasteiger partial charge is 0.252 e. The van der Waals surface area contributed by atoms with E-state index < -0.39 is 10.0 Å². The van der Waals surface area contributed by atoms with Crippen molar-refractivity contribution in [1.29, 1.82) is 0 Å². The molecule has 2 fully saturated rings. The van der Waals surface area contributed by atoms with Crippen molar-refractivity contribution in [3.05, 3.63) is 16.5 Å². The van der Waals surface area contributed by atoms with Crippen molar-refractivity contribution in [2.75, 3.05) is 50.9 Å². The normalized spacial score (nSPS) is 25.3. The monoisotopic (exact) mass is 396 g/mol. The van der Waals surface area contributed by atoms with Crippen molar-refractivity contribution in [2.24, 2.45) is 0 Å². The molecule has 130 valence electrons. The van der Waals surface area contributed by atoms with Crippen LogP contribution in [0.4, 0.5) is 0 Å². The van der Waals surface area contributed by atoms with Gasteiger partial charge in [0.05, 0.1) is 17.6 Å². The van der Waals surface area contributed by atoms with Gasteiger partial charge in [0.2, 0.25) is 0 Å². The summed E-state index contributed by atoms with van der Waals surface area (Å²) in [6, 6.07) is 3.28. The Hall–Kier alpha value is 0.170. The van der Waals surface area contributed by atoms with E-state index in [4.69, 9.17) is 16.3 Å². The van der Waals surface area contributed by atoms with Crippen molar-refractivity contribution in [3.63, 3.8) is 0 Å². The summed E-state index contributed by atoms with van der Waals surface area (Å²) in [5.74, 6) is 1.85. The van der Waals surface area contributed by atoms with E-state index in [0.717, 1.165) is 62.1 Å². The summed E-state index contributed by atoms with van der Waals surface area (Å²) in [5, 5.41) is 0. The van der Waals surface area contributed by atoms with Crippen LogP contribution in [-0.2, 0) is 14.8 Å². The van der Waals surface area contributed by atoms with Crippen molar-refractivity contribution >= 4 is 44.7 Å². The van der Waals surface area contributed by atoms with Gasteiger partial charge in [0.1, 0.15) is 4.21 Å². The maximum absolute atomic E-state index is 13.0. The van der Waals surface area contributed by atoms with Gasteiger partial charge in [-0.15, -0.1) is 11.3 Å². The maximum Gasteiger partial charge on any atom is 0.252 e. The van der Waals surface area contributed by atoms with Gasteiger partial charge in [0.25, 0.3) is 10.0 Å². The number of ether oxygens (including phenoxy) is 1. The number of sulfonamides is 1.